The van der Waals surface area contributed by atoms with E-state index in [-0.39, 0.29) is 0 Å². The second-order valence-electron chi connectivity index (χ2n) is 3.68. The minimum atomic E-state index is -1.30. The summed E-state index contributed by atoms with van der Waals surface area (Å²) in [5.74, 6) is 0.356. The van der Waals surface area contributed by atoms with E-state index in [0.29, 0.717) is 5.75 Å². The van der Waals surface area contributed by atoms with E-state index < -0.39 is 6.16 Å². The van der Waals surface area contributed by atoms with Crippen molar-refractivity contribution in [3.8, 4) is 16.9 Å². The van der Waals surface area contributed by atoms with Crippen molar-refractivity contribution in [1.29, 1.82) is 0 Å². The molecule has 0 atom stereocenters. The quantitative estimate of drug-likeness (QED) is 0.629. The van der Waals surface area contributed by atoms with Crippen LogP contribution in [0.1, 0.15) is 5.56 Å². The lowest BCUT2D eigenvalue weighted by molar-refractivity contribution is 0.144. The third-order valence-corrected chi connectivity index (χ3v) is 2.52. The van der Waals surface area contributed by atoms with Gasteiger partial charge in [0.15, 0.2) is 0 Å². The first kappa shape index (κ1) is 11.2. The molecule has 0 radical (unpaired) electrons. The Morgan fingerprint density at radius 2 is 1.59 bits per heavy atom. The number of benzene rings is 2. The third kappa shape index (κ3) is 2.45. The van der Waals surface area contributed by atoms with E-state index in [9.17, 15) is 4.79 Å². The van der Waals surface area contributed by atoms with Gasteiger partial charge in [-0.2, -0.15) is 0 Å². The first-order chi connectivity index (χ1) is 8.18. The summed E-state index contributed by atoms with van der Waals surface area (Å²) in [5, 5.41) is 8.69. The summed E-state index contributed by atoms with van der Waals surface area (Å²) in [5.41, 5.74) is 2.84. The standard InChI is InChI=1S/C14H12O3/c1-10-6-2-3-7-11(10)12-8-4-5-9-13(12)17-14(15)16/h2-9H,1H3,(H,15,16). The number of aryl methyl sites for hydroxylation is 1. The van der Waals surface area contributed by atoms with Crippen LogP contribution in [0.3, 0.4) is 0 Å². The fourth-order valence-corrected chi connectivity index (χ4v) is 1.75. The summed E-state index contributed by atoms with van der Waals surface area (Å²) >= 11 is 0. The lowest BCUT2D eigenvalue weighted by atomic mass is 10.00. The number of rotatable bonds is 2. The van der Waals surface area contributed by atoms with E-state index in [0.717, 1.165) is 16.7 Å². The van der Waals surface area contributed by atoms with Crippen molar-refractivity contribution in [3.05, 3.63) is 54.1 Å². The molecule has 17 heavy (non-hydrogen) atoms. The summed E-state index contributed by atoms with van der Waals surface area (Å²) in [4.78, 5) is 10.6. The highest BCUT2D eigenvalue weighted by atomic mass is 16.7. The van der Waals surface area contributed by atoms with E-state index >= 15 is 0 Å². The smallest absolute Gasteiger partial charge is 0.449 e. The number of hydrogen-bond donors (Lipinski definition) is 1. The second kappa shape index (κ2) is 4.70. The maximum absolute atomic E-state index is 10.6. The van der Waals surface area contributed by atoms with E-state index in [1.54, 1.807) is 12.1 Å². The van der Waals surface area contributed by atoms with E-state index in [1.807, 2.05) is 43.3 Å². The minimum absolute atomic E-state index is 0.356. The Bertz CT molecular complexity index is 547. The van der Waals surface area contributed by atoms with Gasteiger partial charge < -0.3 is 9.84 Å². The second-order valence-corrected chi connectivity index (χ2v) is 3.68. The monoisotopic (exact) mass is 228 g/mol. The molecule has 0 spiro atoms. The molecule has 2 rings (SSSR count). The largest absolute Gasteiger partial charge is 0.511 e. The van der Waals surface area contributed by atoms with Gasteiger partial charge in [-0.15, -0.1) is 0 Å². The number of carbonyl (C=O) groups is 1. The van der Waals surface area contributed by atoms with Crippen LogP contribution in [0, 0.1) is 6.92 Å². The van der Waals surface area contributed by atoms with Gasteiger partial charge in [0.25, 0.3) is 0 Å². The van der Waals surface area contributed by atoms with Crippen molar-refractivity contribution in [2.24, 2.45) is 0 Å². The summed E-state index contributed by atoms with van der Waals surface area (Å²) in [6, 6.07) is 14.9. The molecule has 0 aliphatic carbocycles. The molecule has 3 heteroatoms. The van der Waals surface area contributed by atoms with Crippen LogP contribution >= 0.6 is 0 Å². The lowest BCUT2D eigenvalue weighted by Crippen LogP contribution is -2.04. The molecule has 2 aromatic carbocycles. The third-order valence-electron chi connectivity index (χ3n) is 2.52. The Morgan fingerprint density at radius 1 is 1.00 bits per heavy atom. The maximum atomic E-state index is 10.6. The molecule has 0 aromatic heterocycles. The Kier molecular flexibility index (Phi) is 3.10. The van der Waals surface area contributed by atoms with Crippen LogP contribution < -0.4 is 4.74 Å². The Balaban J connectivity index is 2.52. The molecular weight excluding hydrogens is 216 g/mol. The number of carboxylic acid groups (broad SMARTS) is 1. The zero-order valence-electron chi connectivity index (χ0n) is 9.38. The van der Waals surface area contributed by atoms with Crippen molar-refractivity contribution in [3.63, 3.8) is 0 Å². The van der Waals surface area contributed by atoms with Gasteiger partial charge in [-0.25, -0.2) is 4.79 Å². The Hall–Kier alpha value is -2.29. The number of ether oxygens (including phenoxy) is 1. The normalized spacial score (nSPS) is 9.94. The van der Waals surface area contributed by atoms with Gasteiger partial charge in [-0.3, -0.25) is 0 Å². The zero-order valence-corrected chi connectivity index (χ0v) is 9.38. The molecule has 86 valence electrons. The molecule has 0 saturated heterocycles. The molecule has 0 saturated carbocycles. The topological polar surface area (TPSA) is 46.5 Å². The van der Waals surface area contributed by atoms with Crippen molar-refractivity contribution in [1.82, 2.24) is 0 Å². The lowest BCUT2D eigenvalue weighted by Gasteiger charge is -2.10. The van der Waals surface area contributed by atoms with Gasteiger partial charge in [-0.05, 0) is 24.1 Å². The molecule has 0 amide bonds. The molecule has 2 aromatic rings. The molecule has 0 aliphatic rings. The van der Waals surface area contributed by atoms with Gasteiger partial charge in [0.05, 0.1) is 0 Å². The van der Waals surface area contributed by atoms with Gasteiger partial charge in [0, 0.05) is 5.56 Å². The summed E-state index contributed by atoms with van der Waals surface area (Å²) in [6.45, 7) is 1.98. The van der Waals surface area contributed by atoms with Gasteiger partial charge >= 0.3 is 6.16 Å². The molecule has 0 fully saturated rings. The van der Waals surface area contributed by atoms with Crippen molar-refractivity contribution < 1.29 is 14.6 Å². The fraction of sp³-hybridized carbons (Fsp3) is 0.0714. The average molecular weight is 228 g/mol. The van der Waals surface area contributed by atoms with Crippen molar-refractivity contribution in [2.75, 3.05) is 0 Å². The van der Waals surface area contributed by atoms with Crippen molar-refractivity contribution >= 4 is 6.16 Å². The summed E-state index contributed by atoms with van der Waals surface area (Å²) in [6.07, 6.45) is -1.30. The Morgan fingerprint density at radius 3 is 2.24 bits per heavy atom. The predicted octanol–water partition coefficient (Wildman–Crippen LogP) is 3.72. The van der Waals surface area contributed by atoms with Crippen LogP contribution in [0.5, 0.6) is 5.75 Å². The first-order valence-corrected chi connectivity index (χ1v) is 5.24. The fourth-order valence-electron chi connectivity index (χ4n) is 1.75. The maximum Gasteiger partial charge on any atom is 0.511 e. The highest BCUT2D eigenvalue weighted by molar-refractivity contribution is 5.76. The van der Waals surface area contributed by atoms with Crippen LogP contribution in [-0.2, 0) is 0 Å². The molecule has 0 unspecified atom stereocenters. The highest BCUT2D eigenvalue weighted by Crippen LogP contribution is 2.31. The molecular formula is C14H12O3. The first-order valence-electron chi connectivity index (χ1n) is 5.24. The van der Waals surface area contributed by atoms with Crippen LogP contribution in [0.2, 0.25) is 0 Å². The predicted molar refractivity (Wildman–Crippen MR) is 65.3 cm³/mol. The van der Waals surface area contributed by atoms with Crippen molar-refractivity contribution in [2.45, 2.75) is 6.92 Å². The molecule has 0 heterocycles. The van der Waals surface area contributed by atoms with Gasteiger partial charge in [-0.1, -0.05) is 42.5 Å². The van der Waals surface area contributed by atoms with Gasteiger partial charge in [0.1, 0.15) is 5.75 Å². The van der Waals surface area contributed by atoms with E-state index in [2.05, 4.69) is 0 Å². The highest BCUT2D eigenvalue weighted by Gasteiger charge is 2.10. The molecule has 0 bridgehead atoms. The SMILES string of the molecule is Cc1ccccc1-c1ccccc1OC(=O)O. The Labute approximate surface area is 99.3 Å². The minimum Gasteiger partial charge on any atom is -0.449 e. The van der Waals surface area contributed by atoms with E-state index in [4.69, 9.17) is 9.84 Å². The van der Waals surface area contributed by atoms with Crippen LogP contribution in [0.4, 0.5) is 4.79 Å². The van der Waals surface area contributed by atoms with Crippen LogP contribution in [0.15, 0.2) is 48.5 Å². The summed E-state index contributed by atoms with van der Waals surface area (Å²) < 4.78 is 4.77. The van der Waals surface area contributed by atoms with Crippen LogP contribution in [-0.4, -0.2) is 11.3 Å². The summed E-state index contributed by atoms with van der Waals surface area (Å²) in [7, 11) is 0. The molecule has 0 aliphatic heterocycles. The number of para-hydroxylation sites is 1. The molecule has 3 nitrogen and oxygen atoms in total. The van der Waals surface area contributed by atoms with Crippen LogP contribution in [0.25, 0.3) is 11.1 Å². The number of hydrogen-bond acceptors (Lipinski definition) is 2. The molecule has 1 N–H and O–H groups in total. The zero-order chi connectivity index (χ0) is 12.3. The average Bonchev–Trinajstić information content (AvgIpc) is 2.30. The van der Waals surface area contributed by atoms with E-state index in [1.165, 1.54) is 0 Å². The van der Waals surface area contributed by atoms with Gasteiger partial charge in [0.2, 0.25) is 0 Å².